The van der Waals surface area contributed by atoms with Crippen molar-refractivity contribution >= 4 is 22.9 Å². The van der Waals surface area contributed by atoms with Gasteiger partial charge >= 0.3 is 0 Å². The maximum Gasteiger partial charge on any atom is 0.103 e. The molecule has 0 aromatic heterocycles. The Morgan fingerprint density at radius 2 is 2.00 bits per heavy atom. The first-order valence-corrected chi connectivity index (χ1v) is 6.79. The molecule has 0 heterocycles. The summed E-state index contributed by atoms with van der Waals surface area (Å²) in [5, 5.41) is 0. The van der Waals surface area contributed by atoms with Gasteiger partial charge in [0.25, 0.3) is 0 Å². The minimum atomic E-state index is 0.475. The molecule has 0 spiro atoms. The summed E-state index contributed by atoms with van der Waals surface area (Å²) in [7, 11) is 0. The van der Waals surface area contributed by atoms with E-state index in [0.717, 1.165) is 18.2 Å². The molecule has 0 saturated heterocycles. The fraction of sp³-hybridized carbons (Fsp3) is 0.500. The standard InChI is InChI=1S/C14H20N2S/c1-2-3-10-16(13-8-9-13)12-6-4-11(5-7-12)14(15)17/h4-7,13H,2-3,8-10H2,1H3,(H2,15,17). The molecule has 0 aliphatic heterocycles. The third-order valence-electron chi connectivity index (χ3n) is 3.22. The number of hydrogen-bond donors (Lipinski definition) is 1. The fourth-order valence-electron chi connectivity index (χ4n) is 2.05. The number of nitrogens with zero attached hydrogens (tertiary/aromatic N) is 1. The molecule has 1 aliphatic rings. The van der Waals surface area contributed by atoms with Crippen LogP contribution in [0.5, 0.6) is 0 Å². The number of thiocarbonyl (C=S) groups is 1. The highest BCUT2D eigenvalue weighted by Gasteiger charge is 2.28. The van der Waals surface area contributed by atoms with E-state index in [1.54, 1.807) is 0 Å². The molecule has 17 heavy (non-hydrogen) atoms. The summed E-state index contributed by atoms with van der Waals surface area (Å²) >= 11 is 4.97. The third kappa shape index (κ3) is 3.19. The van der Waals surface area contributed by atoms with E-state index in [2.05, 4.69) is 24.0 Å². The van der Waals surface area contributed by atoms with Gasteiger partial charge in [0.05, 0.1) is 0 Å². The summed E-state index contributed by atoms with van der Waals surface area (Å²) in [6.07, 6.45) is 5.17. The molecule has 1 aromatic carbocycles. The average molecular weight is 248 g/mol. The van der Waals surface area contributed by atoms with Crippen molar-refractivity contribution in [2.45, 2.75) is 38.6 Å². The zero-order valence-electron chi connectivity index (χ0n) is 10.4. The van der Waals surface area contributed by atoms with Gasteiger partial charge in [-0.25, -0.2) is 0 Å². The van der Waals surface area contributed by atoms with Crippen molar-refractivity contribution in [3.8, 4) is 0 Å². The minimum absolute atomic E-state index is 0.475. The summed E-state index contributed by atoms with van der Waals surface area (Å²) in [5.74, 6) is 0. The lowest BCUT2D eigenvalue weighted by molar-refractivity contribution is 0.713. The second-order valence-corrected chi connectivity index (χ2v) is 5.13. The smallest absolute Gasteiger partial charge is 0.103 e. The average Bonchev–Trinajstić information content (AvgIpc) is 3.14. The highest BCUT2D eigenvalue weighted by molar-refractivity contribution is 7.80. The topological polar surface area (TPSA) is 29.3 Å². The Labute approximate surface area is 109 Å². The van der Waals surface area contributed by atoms with Crippen LogP contribution in [0.2, 0.25) is 0 Å². The van der Waals surface area contributed by atoms with Gasteiger partial charge in [-0.05, 0) is 43.5 Å². The maximum atomic E-state index is 5.61. The van der Waals surface area contributed by atoms with Gasteiger partial charge in [-0.3, -0.25) is 0 Å². The minimum Gasteiger partial charge on any atom is -0.389 e. The predicted octanol–water partition coefficient (Wildman–Crippen LogP) is 3.09. The van der Waals surface area contributed by atoms with Gasteiger partial charge in [-0.1, -0.05) is 25.6 Å². The summed E-state index contributed by atoms with van der Waals surface area (Å²) in [6.45, 7) is 3.40. The van der Waals surface area contributed by atoms with Crippen molar-refractivity contribution in [2.24, 2.45) is 5.73 Å². The SMILES string of the molecule is CCCCN(c1ccc(C(N)=S)cc1)C1CC1. The number of unbranched alkanes of at least 4 members (excludes halogenated alkanes) is 1. The molecule has 2 N–H and O–H groups in total. The lowest BCUT2D eigenvalue weighted by atomic mass is 10.2. The molecule has 2 rings (SSSR count). The molecular weight excluding hydrogens is 228 g/mol. The molecule has 0 radical (unpaired) electrons. The molecule has 1 aliphatic carbocycles. The van der Waals surface area contributed by atoms with Crippen molar-refractivity contribution in [1.82, 2.24) is 0 Å². The van der Waals surface area contributed by atoms with Crippen molar-refractivity contribution in [3.05, 3.63) is 29.8 Å². The van der Waals surface area contributed by atoms with Crippen LogP contribution in [-0.4, -0.2) is 17.6 Å². The van der Waals surface area contributed by atoms with Crippen LogP contribution in [0, 0.1) is 0 Å². The Balaban J connectivity index is 2.09. The number of benzene rings is 1. The third-order valence-corrected chi connectivity index (χ3v) is 3.46. The second kappa shape index (κ2) is 5.50. The van der Waals surface area contributed by atoms with E-state index < -0.39 is 0 Å². The van der Waals surface area contributed by atoms with E-state index >= 15 is 0 Å². The van der Waals surface area contributed by atoms with E-state index in [-0.39, 0.29) is 0 Å². The lowest BCUT2D eigenvalue weighted by Crippen LogP contribution is -2.26. The van der Waals surface area contributed by atoms with Crippen LogP contribution in [-0.2, 0) is 0 Å². The zero-order valence-corrected chi connectivity index (χ0v) is 11.2. The van der Waals surface area contributed by atoms with Crippen LogP contribution in [0.1, 0.15) is 38.2 Å². The quantitative estimate of drug-likeness (QED) is 0.784. The molecule has 2 nitrogen and oxygen atoms in total. The predicted molar refractivity (Wildman–Crippen MR) is 77.6 cm³/mol. The van der Waals surface area contributed by atoms with Crippen molar-refractivity contribution in [3.63, 3.8) is 0 Å². The normalized spacial score (nSPS) is 14.6. The zero-order chi connectivity index (χ0) is 12.3. The van der Waals surface area contributed by atoms with E-state index in [9.17, 15) is 0 Å². The Bertz CT molecular complexity index is 382. The number of anilines is 1. The molecule has 0 amide bonds. The summed E-state index contributed by atoms with van der Waals surface area (Å²) in [4.78, 5) is 3.00. The molecule has 1 aromatic rings. The van der Waals surface area contributed by atoms with Crippen LogP contribution in [0.3, 0.4) is 0 Å². The first kappa shape index (κ1) is 12.4. The van der Waals surface area contributed by atoms with Crippen LogP contribution in [0.25, 0.3) is 0 Å². The molecule has 0 atom stereocenters. The molecule has 0 unspecified atom stereocenters. The van der Waals surface area contributed by atoms with Gasteiger partial charge in [0.1, 0.15) is 4.99 Å². The largest absolute Gasteiger partial charge is 0.389 e. The van der Waals surface area contributed by atoms with Crippen LogP contribution in [0.15, 0.2) is 24.3 Å². The Kier molecular flexibility index (Phi) is 4.00. The van der Waals surface area contributed by atoms with Crippen LogP contribution >= 0.6 is 12.2 Å². The van der Waals surface area contributed by atoms with E-state index in [1.807, 2.05) is 12.1 Å². The molecule has 92 valence electrons. The van der Waals surface area contributed by atoms with Gasteiger partial charge in [-0.15, -0.1) is 0 Å². The first-order chi connectivity index (χ1) is 8.22. The van der Waals surface area contributed by atoms with Gasteiger partial charge < -0.3 is 10.6 Å². The molecular formula is C14H20N2S. The number of hydrogen-bond acceptors (Lipinski definition) is 2. The van der Waals surface area contributed by atoms with E-state index in [4.69, 9.17) is 18.0 Å². The number of rotatable bonds is 6. The number of nitrogens with two attached hydrogens (primary N) is 1. The van der Waals surface area contributed by atoms with Crippen molar-refractivity contribution < 1.29 is 0 Å². The molecule has 1 saturated carbocycles. The van der Waals surface area contributed by atoms with Gasteiger partial charge in [0, 0.05) is 23.8 Å². The van der Waals surface area contributed by atoms with Crippen LogP contribution in [0.4, 0.5) is 5.69 Å². The first-order valence-electron chi connectivity index (χ1n) is 6.39. The molecule has 3 heteroatoms. The summed E-state index contributed by atoms with van der Waals surface area (Å²) < 4.78 is 0. The lowest BCUT2D eigenvalue weighted by Gasteiger charge is -2.24. The summed E-state index contributed by atoms with van der Waals surface area (Å²) in [6, 6.07) is 9.10. The highest BCUT2D eigenvalue weighted by Crippen LogP contribution is 2.31. The van der Waals surface area contributed by atoms with Gasteiger partial charge in [0.15, 0.2) is 0 Å². The second-order valence-electron chi connectivity index (χ2n) is 4.69. The maximum absolute atomic E-state index is 5.61. The summed E-state index contributed by atoms with van der Waals surface area (Å²) in [5.41, 5.74) is 7.87. The van der Waals surface area contributed by atoms with Gasteiger partial charge in [0.2, 0.25) is 0 Å². The van der Waals surface area contributed by atoms with E-state index in [0.29, 0.717) is 4.99 Å². The fourth-order valence-corrected chi connectivity index (χ4v) is 2.19. The Morgan fingerprint density at radius 3 is 2.47 bits per heavy atom. The van der Waals surface area contributed by atoms with Crippen LogP contribution < -0.4 is 10.6 Å². The Morgan fingerprint density at radius 1 is 1.35 bits per heavy atom. The van der Waals surface area contributed by atoms with Crippen molar-refractivity contribution in [2.75, 3.05) is 11.4 Å². The highest BCUT2D eigenvalue weighted by atomic mass is 32.1. The van der Waals surface area contributed by atoms with Gasteiger partial charge in [-0.2, -0.15) is 0 Å². The molecule has 0 bridgehead atoms. The Hall–Kier alpha value is -1.09. The molecule has 1 fully saturated rings. The van der Waals surface area contributed by atoms with Crippen molar-refractivity contribution in [1.29, 1.82) is 0 Å². The van der Waals surface area contributed by atoms with E-state index in [1.165, 1.54) is 31.4 Å². The monoisotopic (exact) mass is 248 g/mol.